The third-order valence-electron chi connectivity index (χ3n) is 7.54. The Morgan fingerprint density at radius 2 is 1.17 bits per heavy atom. The summed E-state index contributed by atoms with van der Waals surface area (Å²) >= 11 is 3.43. The Bertz CT molecular complexity index is 1550. The summed E-state index contributed by atoms with van der Waals surface area (Å²) in [7, 11) is 0. The monoisotopic (exact) mass is 618 g/mol. The van der Waals surface area contributed by atoms with Crippen molar-refractivity contribution in [2.24, 2.45) is 0 Å². The van der Waals surface area contributed by atoms with Gasteiger partial charge >= 0.3 is 0 Å². The van der Waals surface area contributed by atoms with Gasteiger partial charge in [0.25, 0.3) is 0 Å². The maximum Gasteiger partial charge on any atom is 0.138 e. The number of phenols is 4. The first kappa shape index (κ1) is 28.7. The van der Waals surface area contributed by atoms with Crippen molar-refractivity contribution in [3.05, 3.63) is 93.0 Å². The van der Waals surface area contributed by atoms with Crippen molar-refractivity contribution < 1.29 is 29.9 Å². The van der Waals surface area contributed by atoms with Gasteiger partial charge in [0.05, 0.1) is 0 Å². The molecule has 0 radical (unpaired) electrons. The van der Waals surface area contributed by atoms with Crippen LogP contribution in [0.15, 0.2) is 65.1 Å². The fourth-order valence-corrected chi connectivity index (χ4v) is 5.76. The highest BCUT2D eigenvalue weighted by Crippen LogP contribution is 2.42. The van der Waals surface area contributed by atoms with E-state index in [2.05, 4.69) is 35.0 Å². The molecule has 0 saturated carbocycles. The average Bonchev–Trinajstić information content (AvgIpc) is 3.22. The third kappa shape index (κ3) is 6.91. The lowest BCUT2D eigenvalue weighted by atomic mass is 9.99. The molecule has 0 atom stereocenters. The average molecular weight is 620 g/mol. The Morgan fingerprint density at radius 3 is 1.76 bits per heavy atom. The second kappa shape index (κ2) is 12.8. The maximum atomic E-state index is 10.0. The number of halogens is 1. The summed E-state index contributed by atoms with van der Waals surface area (Å²) in [5, 5.41) is 39.0. The van der Waals surface area contributed by atoms with E-state index in [1.807, 2.05) is 24.3 Å². The first-order chi connectivity index (χ1) is 19.8. The number of ether oxygens (including phenoxy) is 2. The van der Waals surface area contributed by atoms with Gasteiger partial charge in [-0.05, 0) is 79.5 Å². The molecule has 2 aliphatic rings. The zero-order valence-corrected chi connectivity index (χ0v) is 24.7. The van der Waals surface area contributed by atoms with Crippen LogP contribution in [0.5, 0.6) is 46.0 Å². The van der Waals surface area contributed by atoms with Crippen LogP contribution in [-0.2, 0) is 32.1 Å². The first-order valence-corrected chi connectivity index (χ1v) is 15.0. The van der Waals surface area contributed by atoms with Gasteiger partial charge in [-0.2, -0.15) is 0 Å². The lowest BCUT2D eigenvalue weighted by Gasteiger charge is -2.11. The van der Waals surface area contributed by atoms with Crippen LogP contribution < -0.4 is 9.47 Å². The van der Waals surface area contributed by atoms with Gasteiger partial charge in [-0.1, -0.05) is 54.2 Å². The molecule has 4 aromatic carbocycles. The van der Waals surface area contributed by atoms with Gasteiger partial charge in [-0.25, -0.2) is 0 Å². The zero-order valence-electron chi connectivity index (χ0n) is 23.1. The molecule has 41 heavy (non-hydrogen) atoms. The maximum absolute atomic E-state index is 10.0. The Hall–Kier alpha value is -3.84. The summed E-state index contributed by atoms with van der Waals surface area (Å²) in [6.07, 6.45) is 9.19. The second-order valence-corrected chi connectivity index (χ2v) is 11.5. The van der Waals surface area contributed by atoms with Gasteiger partial charge in [-0.15, -0.1) is 0 Å². The fraction of sp³-hybridized carbons (Fsp3) is 0.294. The summed E-state index contributed by atoms with van der Waals surface area (Å²) in [5.74, 6) is 2.88. The second-order valence-electron chi connectivity index (χ2n) is 10.6. The van der Waals surface area contributed by atoms with Crippen LogP contribution in [-0.4, -0.2) is 20.4 Å². The molecule has 0 aliphatic carbocycles. The smallest absolute Gasteiger partial charge is 0.138 e. The lowest BCUT2D eigenvalue weighted by Crippen LogP contribution is -1.93. The van der Waals surface area contributed by atoms with Crippen molar-refractivity contribution in [2.75, 3.05) is 0 Å². The minimum absolute atomic E-state index is 0.00631. The van der Waals surface area contributed by atoms with Crippen molar-refractivity contribution in [2.45, 2.75) is 64.7 Å². The summed E-state index contributed by atoms with van der Waals surface area (Å²) in [5.41, 5.74) is 5.11. The molecule has 0 unspecified atom stereocenters. The molecule has 6 rings (SSSR count). The number of unbranched alkanes of at least 4 members (excludes halogenated alkanes) is 3. The Kier molecular flexibility index (Phi) is 8.93. The SMILES string of the molecule is CCCCCCc1ccc2c(c1)CCc1c(O)cc(O)cc1O2.Oc1cc(O)c2c(c1)Oc1ccc(Br)cc1CC2. The van der Waals surface area contributed by atoms with Gasteiger partial charge in [0, 0.05) is 39.9 Å². The molecule has 0 saturated heterocycles. The highest BCUT2D eigenvalue weighted by atomic mass is 79.9. The number of hydrogen-bond donors (Lipinski definition) is 4. The normalized spacial score (nSPS) is 13.0. The van der Waals surface area contributed by atoms with Crippen LogP contribution in [0, 0.1) is 0 Å². The molecule has 2 heterocycles. The molecule has 6 nitrogen and oxygen atoms in total. The van der Waals surface area contributed by atoms with Crippen molar-refractivity contribution in [3.8, 4) is 46.0 Å². The standard InChI is InChI=1S/C20H24O3.C14H11BrO3/c1-2-3-4-5-6-14-7-10-19-15(11-14)8-9-17-18(22)12-16(21)13-20(17)23-19;15-9-2-4-13-8(5-9)1-3-11-12(17)6-10(16)7-14(11)18-13/h7,10-13,21-22H,2-6,8-9H2,1H3;2,4-7,16-17H,1,3H2. The molecule has 2 aliphatic heterocycles. The number of aromatic hydroxyl groups is 4. The van der Waals surface area contributed by atoms with E-state index >= 15 is 0 Å². The molecule has 4 aromatic rings. The van der Waals surface area contributed by atoms with Gasteiger partial charge < -0.3 is 29.9 Å². The predicted molar refractivity (Wildman–Crippen MR) is 163 cm³/mol. The Balaban J connectivity index is 0.000000169. The lowest BCUT2D eigenvalue weighted by molar-refractivity contribution is 0.425. The van der Waals surface area contributed by atoms with E-state index in [0.717, 1.165) is 51.9 Å². The number of rotatable bonds is 5. The van der Waals surface area contributed by atoms with Crippen LogP contribution in [0.4, 0.5) is 0 Å². The van der Waals surface area contributed by atoms with E-state index in [9.17, 15) is 20.4 Å². The number of aryl methyl sites for hydroxylation is 3. The third-order valence-corrected chi connectivity index (χ3v) is 8.03. The minimum atomic E-state index is 0.00631. The number of benzene rings is 4. The van der Waals surface area contributed by atoms with E-state index in [-0.39, 0.29) is 23.0 Å². The summed E-state index contributed by atoms with van der Waals surface area (Å²) < 4.78 is 12.7. The largest absolute Gasteiger partial charge is 0.508 e. The van der Waals surface area contributed by atoms with Crippen LogP contribution in [0.2, 0.25) is 0 Å². The molecule has 7 heteroatoms. The molecule has 0 spiro atoms. The van der Waals surface area contributed by atoms with E-state index in [0.29, 0.717) is 24.3 Å². The van der Waals surface area contributed by atoms with E-state index in [1.54, 1.807) is 6.07 Å². The summed E-state index contributed by atoms with van der Waals surface area (Å²) in [6.45, 7) is 2.23. The van der Waals surface area contributed by atoms with Gasteiger partial charge in [0.15, 0.2) is 0 Å². The van der Waals surface area contributed by atoms with E-state index in [4.69, 9.17) is 9.47 Å². The molecule has 0 fully saturated rings. The van der Waals surface area contributed by atoms with Crippen molar-refractivity contribution in [1.29, 1.82) is 0 Å². The summed E-state index contributed by atoms with van der Waals surface area (Å²) in [6, 6.07) is 18.0. The Labute approximate surface area is 249 Å². The van der Waals surface area contributed by atoms with Crippen molar-refractivity contribution >= 4 is 15.9 Å². The molecule has 0 bridgehead atoms. The first-order valence-electron chi connectivity index (χ1n) is 14.2. The van der Waals surface area contributed by atoms with E-state index < -0.39 is 0 Å². The minimum Gasteiger partial charge on any atom is -0.508 e. The van der Waals surface area contributed by atoms with Gasteiger partial charge in [0.2, 0.25) is 0 Å². The molecule has 214 valence electrons. The molecular formula is C34H35BrO6. The van der Waals surface area contributed by atoms with E-state index in [1.165, 1.54) is 55.0 Å². The van der Waals surface area contributed by atoms with Crippen molar-refractivity contribution in [3.63, 3.8) is 0 Å². The topological polar surface area (TPSA) is 99.4 Å². The van der Waals surface area contributed by atoms with Gasteiger partial charge in [-0.3, -0.25) is 0 Å². The Morgan fingerprint density at radius 1 is 0.610 bits per heavy atom. The van der Waals surface area contributed by atoms with Crippen LogP contribution in [0.3, 0.4) is 0 Å². The molecule has 0 aromatic heterocycles. The summed E-state index contributed by atoms with van der Waals surface area (Å²) in [4.78, 5) is 0. The highest BCUT2D eigenvalue weighted by molar-refractivity contribution is 9.10. The van der Waals surface area contributed by atoms with Crippen molar-refractivity contribution in [1.82, 2.24) is 0 Å². The zero-order chi connectivity index (χ0) is 28.9. The van der Waals surface area contributed by atoms with Gasteiger partial charge in [0.1, 0.15) is 46.0 Å². The molecule has 4 N–H and O–H groups in total. The number of hydrogen-bond acceptors (Lipinski definition) is 6. The highest BCUT2D eigenvalue weighted by Gasteiger charge is 2.20. The van der Waals surface area contributed by atoms with Crippen LogP contribution in [0.25, 0.3) is 0 Å². The number of phenolic OH excluding ortho intramolecular Hbond substituents is 4. The quantitative estimate of drug-likeness (QED) is 0.167. The molecule has 0 amide bonds. The van der Waals surface area contributed by atoms with Crippen LogP contribution >= 0.6 is 15.9 Å². The predicted octanol–water partition coefficient (Wildman–Crippen LogP) is 8.86. The molecular weight excluding hydrogens is 584 g/mol. The number of fused-ring (bicyclic) bond motifs is 4. The van der Waals surface area contributed by atoms with Crippen LogP contribution in [0.1, 0.15) is 60.4 Å². The fourth-order valence-electron chi connectivity index (χ4n) is 5.36.